The van der Waals surface area contributed by atoms with E-state index in [-0.39, 0.29) is 6.04 Å². The Bertz CT molecular complexity index is 596. The fourth-order valence-corrected chi connectivity index (χ4v) is 3.06. The van der Waals surface area contributed by atoms with E-state index in [2.05, 4.69) is 29.5 Å². The van der Waals surface area contributed by atoms with Gasteiger partial charge in [-0.1, -0.05) is 0 Å². The molecule has 2 aromatic rings. The molecule has 21 heavy (non-hydrogen) atoms. The molecule has 0 aliphatic heterocycles. The summed E-state index contributed by atoms with van der Waals surface area (Å²) in [6, 6.07) is 6.25. The lowest BCUT2D eigenvalue weighted by atomic mass is 10.0. The van der Waals surface area contributed by atoms with E-state index in [1.165, 1.54) is 0 Å². The molecule has 0 aliphatic rings. The first-order valence-corrected chi connectivity index (χ1v) is 7.83. The second-order valence-electron chi connectivity index (χ2n) is 5.19. The Morgan fingerprint density at radius 2 is 1.95 bits per heavy atom. The zero-order chi connectivity index (χ0) is 15.4. The third kappa shape index (κ3) is 3.74. The molecule has 1 unspecified atom stereocenters. The molecule has 4 nitrogen and oxygen atoms in total. The van der Waals surface area contributed by atoms with Crippen LogP contribution in [0.3, 0.4) is 0 Å². The number of aryl methyl sites for hydroxylation is 1. The van der Waals surface area contributed by atoms with E-state index in [0.29, 0.717) is 6.04 Å². The minimum Gasteiger partial charge on any atom is -0.497 e. The highest BCUT2D eigenvalue weighted by molar-refractivity contribution is 7.09. The van der Waals surface area contributed by atoms with E-state index in [9.17, 15) is 0 Å². The third-order valence-corrected chi connectivity index (χ3v) is 4.16. The van der Waals surface area contributed by atoms with Crippen molar-refractivity contribution in [3.05, 3.63) is 39.8 Å². The lowest BCUT2D eigenvalue weighted by molar-refractivity contribution is 0.385. The van der Waals surface area contributed by atoms with Crippen molar-refractivity contribution in [3.8, 4) is 11.5 Å². The number of hydrogen-bond acceptors (Lipinski definition) is 5. The van der Waals surface area contributed by atoms with Crippen LogP contribution in [0.4, 0.5) is 0 Å². The van der Waals surface area contributed by atoms with Crippen LogP contribution in [-0.4, -0.2) is 25.2 Å². The standard InChI is InChI=1S/C16H22N2O2S/c1-10(2)17-15(16-18-11(3)9-21-16)13-7-6-12(19-4)8-14(13)20-5/h6-10,15,17H,1-5H3. The summed E-state index contributed by atoms with van der Waals surface area (Å²) in [6.07, 6.45) is 0. The number of aromatic nitrogens is 1. The van der Waals surface area contributed by atoms with Gasteiger partial charge in [0.05, 0.1) is 20.3 Å². The molecule has 1 aromatic carbocycles. The van der Waals surface area contributed by atoms with Crippen molar-refractivity contribution in [3.63, 3.8) is 0 Å². The zero-order valence-electron chi connectivity index (χ0n) is 13.1. The van der Waals surface area contributed by atoms with E-state index in [4.69, 9.17) is 9.47 Å². The summed E-state index contributed by atoms with van der Waals surface area (Å²) in [6.45, 7) is 6.27. The molecule has 1 N–H and O–H groups in total. The minimum absolute atomic E-state index is 0.0181. The number of methoxy groups -OCH3 is 2. The van der Waals surface area contributed by atoms with E-state index in [1.54, 1.807) is 25.6 Å². The van der Waals surface area contributed by atoms with Gasteiger partial charge in [0.25, 0.3) is 0 Å². The summed E-state index contributed by atoms with van der Waals surface area (Å²) in [5, 5.41) is 6.68. The van der Waals surface area contributed by atoms with Crippen LogP contribution in [0.25, 0.3) is 0 Å². The Morgan fingerprint density at radius 1 is 1.19 bits per heavy atom. The number of nitrogens with zero attached hydrogens (tertiary/aromatic N) is 1. The molecule has 0 saturated carbocycles. The first kappa shape index (κ1) is 15.8. The van der Waals surface area contributed by atoms with Gasteiger partial charge >= 0.3 is 0 Å². The van der Waals surface area contributed by atoms with Crippen molar-refractivity contribution in [1.29, 1.82) is 0 Å². The fourth-order valence-electron chi connectivity index (χ4n) is 2.19. The number of thiazole rings is 1. The van der Waals surface area contributed by atoms with Crippen LogP contribution in [0.15, 0.2) is 23.6 Å². The van der Waals surface area contributed by atoms with Gasteiger partial charge in [0.15, 0.2) is 0 Å². The minimum atomic E-state index is 0.0181. The quantitative estimate of drug-likeness (QED) is 0.886. The highest BCUT2D eigenvalue weighted by Crippen LogP contribution is 2.34. The number of rotatable bonds is 6. The molecule has 0 aliphatic carbocycles. The van der Waals surface area contributed by atoms with Crippen molar-refractivity contribution in [2.24, 2.45) is 0 Å². The van der Waals surface area contributed by atoms with Gasteiger partial charge in [-0.05, 0) is 32.9 Å². The summed E-state index contributed by atoms with van der Waals surface area (Å²) in [7, 11) is 3.33. The van der Waals surface area contributed by atoms with Crippen LogP contribution in [0.5, 0.6) is 11.5 Å². The van der Waals surface area contributed by atoms with Gasteiger partial charge in [-0.3, -0.25) is 0 Å². The molecule has 0 saturated heterocycles. The van der Waals surface area contributed by atoms with Crippen LogP contribution in [-0.2, 0) is 0 Å². The predicted octanol–water partition coefficient (Wildman–Crippen LogP) is 3.56. The normalized spacial score (nSPS) is 12.5. The third-order valence-electron chi connectivity index (χ3n) is 3.14. The Morgan fingerprint density at radius 3 is 2.48 bits per heavy atom. The Kier molecular flexibility index (Phi) is 5.20. The molecule has 2 rings (SSSR count). The maximum absolute atomic E-state index is 5.54. The number of benzene rings is 1. The molecule has 1 aromatic heterocycles. The van der Waals surface area contributed by atoms with Crippen LogP contribution in [0.1, 0.15) is 36.2 Å². The second kappa shape index (κ2) is 6.91. The largest absolute Gasteiger partial charge is 0.497 e. The van der Waals surface area contributed by atoms with Crippen molar-refractivity contribution in [2.75, 3.05) is 14.2 Å². The average Bonchev–Trinajstić information content (AvgIpc) is 2.90. The molecule has 0 bridgehead atoms. The van der Waals surface area contributed by atoms with Gasteiger partial charge in [0.1, 0.15) is 16.5 Å². The SMILES string of the molecule is COc1ccc(C(NC(C)C)c2nc(C)cs2)c(OC)c1. The summed E-state index contributed by atoms with van der Waals surface area (Å²) in [4.78, 5) is 4.63. The molecule has 1 heterocycles. The Hall–Kier alpha value is -1.59. The summed E-state index contributed by atoms with van der Waals surface area (Å²) < 4.78 is 10.8. The summed E-state index contributed by atoms with van der Waals surface area (Å²) >= 11 is 1.66. The van der Waals surface area contributed by atoms with Crippen molar-refractivity contribution in [1.82, 2.24) is 10.3 Å². The molecule has 0 spiro atoms. The first-order valence-electron chi connectivity index (χ1n) is 6.95. The van der Waals surface area contributed by atoms with Crippen molar-refractivity contribution >= 4 is 11.3 Å². The highest BCUT2D eigenvalue weighted by atomic mass is 32.1. The van der Waals surface area contributed by atoms with Crippen molar-refractivity contribution < 1.29 is 9.47 Å². The number of ether oxygens (including phenoxy) is 2. The molecule has 0 radical (unpaired) electrons. The van der Waals surface area contributed by atoms with E-state index < -0.39 is 0 Å². The Labute approximate surface area is 130 Å². The second-order valence-corrected chi connectivity index (χ2v) is 6.08. The first-order chi connectivity index (χ1) is 10.0. The van der Waals surface area contributed by atoms with E-state index in [1.807, 2.05) is 25.1 Å². The number of hydrogen-bond donors (Lipinski definition) is 1. The smallest absolute Gasteiger partial charge is 0.127 e. The number of nitrogens with one attached hydrogen (secondary N) is 1. The molecule has 0 amide bonds. The molecular formula is C16H22N2O2S. The predicted molar refractivity (Wildman–Crippen MR) is 86.5 cm³/mol. The van der Waals surface area contributed by atoms with Gasteiger partial charge in [-0.25, -0.2) is 4.98 Å². The summed E-state index contributed by atoms with van der Waals surface area (Å²) in [5.41, 5.74) is 2.11. The van der Waals surface area contributed by atoms with Gasteiger partial charge in [0.2, 0.25) is 0 Å². The van der Waals surface area contributed by atoms with Crippen LogP contribution < -0.4 is 14.8 Å². The van der Waals surface area contributed by atoms with E-state index in [0.717, 1.165) is 27.8 Å². The fraction of sp³-hybridized carbons (Fsp3) is 0.438. The molecule has 0 fully saturated rings. The molecule has 1 atom stereocenters. The van der Waals surface area contributed by atoms with E-state index >= 15 is 0 Å². The molecule has 5 heteroatoms. The molecule has 114 valence electrons. The van der Waals surface area contributed by atoms with Crippen molar-refractivity contribution in [2.45, 2.75) is 32.9 Å². The van der Waals surface area contributed by atoms with Gasteiger partial charge in [0, 0.05) is 28.7 Å². The van der Waals surface area contributed by atoms with Gasteiger partial charge < -0.3 is 14.8 Å². The zero-order valence-corrected chi connectivity index (χ0v) is 14.0. The highest BCUT2D eigenvalue weighted by Gasteiger charge is 2.22. The monoisotopic (exact) mass is 306 g/mol. The van der Waals surface area contributed by atoms with Crippen LogP contribution in [0, 0.1) is 6.92 Å². The lowest BCUT2D eigenvalue weighted by Crippen LogP contribution is -2.29. The summed E-state index contributed by atoms with van der Waals surface area (Å²) in [5.74, 6) is 1.59. The topological polar surface area (TPSA) is 43.4 Å². The van der Waals surface area contributed by atoms with Gasteiger partial charge in [-0.2, -0.15) is 0 Å². The van der Waals surface area contributed by atoms with Crippen LogP contribution in [0.2, 0.25) is 0 Å². The van der Waals surface area contributed by atoms with Gasteiger partial charge in [-0.15, -0.1) is 11.3 Å². The average molecular weight is 306 g/mol. The molecular weight excluding hydrogens is 284 g/mol. The maximum atomic E-state index is 5.54. The van der Waals surface area contributed by atoms with Crippen LogP contribution >= 0.6 is 11.3 Å². The maximum Gasteiger partial charge on any atom is 0.127 e. The Balaban J connectivity index is 2.45. The lowest BCUT2D eigenvalue weighted by Gasteiger charge is -2.22.